The average Bonchev–Trinajstić information content (AvgIpc) is 2.75. The van der Waals surface area contributed by atoms with Gasteiger partial charge >= 0.3 is 0 Å². The van der Waals surface area contributed by atoms with Gasteiger partial charge in [0, 0.05) is 23.0 Å². The molecule has 0 unspecified atom stereocenters. The normalized spacial score (nSPS) is 18.8. The van der Waals surface area contributed by atoms with E-state index >= 15 is 0 Å². The van der Waals surface area contributed by atoms with Gasteiger partial charge in [0.05, 0.1) is 6.42 Å². The number of hydrogen-bond donors (Lipinski definition) is 1. The summed E-state index contributed by atoms with van der Waals surface area (Å²) in [5.41, 5.74) is 1.07. The van der Waals surface area contributed by atoms with Crippen molar-refractivity contribution in [2.24, 2.45) is 0 Å². The van der Waals surface area contributed by atoms with Gasteiger partial charge in [0.2, 0.25) is 0 Å². The number of aromatic nitrogens is 1. The number of nitrogens with one attached hydrogen (secondary N) is 1. The second-order valence-corrected chi connectivity index (χ2v) is 6.31. The fourth-order valence-electron chi connectivity index (χ4n) is 2.84. The van der Waals surface area contributed by atoms with E-state index in [9.17, 15) is 4.79 Å². The quantitative estimate of drug-likeness (QED) is 0.891. The molecule has 1 aromatic heterocycles. The molecule has 0 spiro atoms. The van der Waals surface area contributed by atoms with Crippen LogP contribution in [0.5, 0.6) is 0 Å². The van der Waals surface area contributed by atoms with E-state index in [0.29, 0.717) is 18.6 Å². The predicted octanol–water partition coefficient (Wildman–Crippen LogP) is 2.88. The third-order valence-corrected chi connectivity index (χ3v) is 4.86. The van der Waals surface area contributed by atoms with Crippen LogP contribution in [0.4, 0.5) is 0 Å². The first kappa shape index (κ1) is 13.7. The molecule has 0 aromatic carbocycles. The van der Waals surface area contributed by atoms with Crippen LogP contribution in [0.1, 0.15) is 49.2 Å². The van der Waals surface area contributed by atoms with E-state index in [-0.39, 0.29) is 5.54 Å². The molecule has 1 fully saturated rings. The monoisotopic (exact) mass is 266 g/mol. The highest BCUT2D eigenvalue weighted by molar-refractivity contribution is 7.09. The Labute approximate surface area is 113 Å². The maximum Gasteiger partial charge on any atom is 0.141 e. The molecule has 1 aliphatic rings. The molecule has 0 atom stereocenters. The lowest BCUT2D eigenvalue weighted by Gasteiger charge is -2.36. The minimum Gasteiger partial charge on any atom is -0.314 e. The molecule has 18 heavy (non-hydrogen) atoms. The number of carbonyl (C=O) groups is 1. The van der Waals surface area contributed by atoms with Crippen LogP contribution in [-0.4, -0.2) is 23.4 Å². The molecule has 0 aliphatic heterocycles. The zero-order valence-corrected chi connectivity index (χ0v) is 12.1. The van der Waals surface area contributed by atoms with Gasteiger partial charge in [-0.1, -0.05) is 19.3 Å². The SMILES string of the molecule is CNC1(CC(=O)Cc2nc(C)cs2)CCCCC1. The fourth-order valence-corrected chi connectivity index (χ4v) is 3.64. The van der Waals surface area contributed by atoms with Crippen LogP contribution in [0.25, 0.3) is 0 Å². The summed E-state index contributed by atoms with van der Waals surface area (Å²) in [5, 5.41) is 6.37. The summed E-state index contributed by atoms with van der Waals surface area (Å²) in [6.07, 6.45) is 7.21. The van der Waals surface area contributed by atoms with Crippen LogP contribution in [-0.2, 0) is 11.2 Å². The van der Waals surface area contributed by atoms with Crippen molar-refractivity contribution in [3.8, 4) is 0 Å². The molecule has 0 amide bonds. The summed E-state index contributed by atoms with van der Waals surface area (Å²) in [7, 11) is 1.99. The average molecular weight is 266 g/mol. The number of thiazole rings is 1. The summed E-state index contributed by atoms with van der Waals surface area (Å²) < 4.78 is 0. The number of hydrogen-bond acceptors (Lipinski definition) is 4. The molecule has 0 saturated heterocycles. The van der Waals surface area contributed by atoms with Gasteiger partial charge in [-0.3, -0.25) is 4.79 Å². The first-order chi connectivity index (χ1) is 8.63. The van der Waals surface area contributed by atoms with E-state index in [1.807, 2.05) is 19.4 Å². The second-order valence-electron chi connectivity index (χ2n) is 5.37. The van der Waals surface area contributed by atoms with Crippen molar-refractivity contribution in [1.82, 2.24) is 10.3 Å². The largest absolute Gasteiger partial charge is 0.314 e. The number of nitrogens with zero attached hydrogens (tertiary/aromatic N) is 1. The van der Waals surface area contributed by atoms with Gasteiger partial charge in [0.1, 0.15) is 10.8 Å². The maximum atomic E-state index is 12.2. The maximum absolute atomic E-state index is 12.2. The molecule has 1 N–H and O–H groups in total. The van der Waals surface area contributed by atoms with Crippen molar-refractivity contribution in [1.29, 1.82) is 0 Å². The van der Waals surface area contributed by atoms with Gasteiger partial charge in [-0.15, -0.1) is 11.3 Å². The Kier molecular flexibility index (Phi) is 4.51. The molecule has 0 bridgehead atoms. The summed E-state index contributed by atoms with van der Waals surface area (Å²) >= 11 is 1.59. The van der Waals surface area contributed by atoms with Gasteiger partial charge in [-0.05, 0) is 26.8 Å². The standard InChI is InChI=1S/C14H22N2OS/c1-11-10-18-13(16-11)8-12(17)9-14(15-2)6-4-3-5-7-14/h10,15H,3-9H2,1-2H3. The lowest BCUT2D eigenvalue weighted by molar-refractivity contribution is -0.120. The molecule has 1 saturated carbocycles. The highest BCUT2D eigenvalue weighted by atomic mass is 32.1. The molecule has 100 valence electrons. The highest BCUT2D eigenvalue weighted by Gasteiger charge is 2.32. The number of ketones is 1. The number of Topliss-reactive ketones (excluding diaryl/α,β-unsaturated/α-hetero) is 1. The van der Waals surface area contributed by atoms with E-state index < -0.39 is 0 Å². The summed E-state index contributed by atoms with van der Waals surface area (Å²) in [5.74, 6) is 0.320. The molecule has 4 heteroatoms. The molecular weight excluding hydrogens is 244 g/mol. The Balaban J connectivity index is 1.93. The molecule has 1 aromatic rings. The van der Waals surface area contributed by atoms with Crippen molar-refractivity contribution < 1.29 is 4.79 Å². The van der Waals surface area contributed by atoms with Crippen LogP contribution in [0.3, 0.4) is 0 Å². The molecule has 1 heterocycles. The molecule has 3 nitrogen and oxygen atoms in total. The summed E-state index contributed by atoms with van der Waals surface area (Å²) in [6.45, 7) is 1.97. The Morgan fingerprint density at radius 1 is 1.44 bits per heavy atom. The van der Waals surface area contributed by atoms with Crippen LogP contribution in [0.15, 0.2) is 5.38 Å². The molecule has 2 rings (SSSR count). The van der Waals surface area contributed by atoms with Crippen molar-refractivity contribution in [3.05, 3.63) is 16.1 Å². The van der Waals surface area contributed by atoms with E-state index in [2.05, 4.69) is 10.3 Å². The lowest BCUT2D eigenvalue weighted by atomic mass is 9.78. The third-order valence-electron chi connectivity index (χ3n) is 3.89. The Bertz CT molecular complexity index is 408. The van der Waals surface area contributed by atoms with Gasteiger partial charge in [0.25, 0.3) is 0 Å². The zero-order chi connectivity index (χ0) is 13.0. The molecule has 0 radical (unpaired) electrons. The Morgan fingerprint density at radius 3 is 2.72 bits per heavy atom. The van der Waals surface area contributed by atoms with E-state index in [1.165, 1.54) is 19.3 Å². The summed E-state index contributed by atoms with van der Waals surface area (Å²) in [4.78, 5) is 16.6. The van der Waals surface area contributed by atoms with E-state index in [4.69, 9.17) is 0 Å². The van der Waals surface area contributed by atoms with E-state index in [1.54, 1.807) is 11.3 Å². The summed E-state index contributed by atoms with van der Waals surface area (Å²) in [6, 6.07) is 0. The Hall–Kier alpha value is -0.740. The van der Waals surface area contributed by atoms with Crippen LogP contribution >= 0.6 is 11.3 Å². The number of carbonyl (C=O) groups excluding carboxylic acids is 1. The number of rotatable bonds is 5. The molecule has 1 aliphatic carbocycles. The third kappa shape index (κ3) is 3.39. The topological polar surface area (TPSA) is 42.0 Å². The molecular formula is C14H22N2OS. The second kappa shape index (κ2) is 5.93. The van der Waals surface area contributed by atoms with Crippen molar-refractivity contribution in [2.45, 2.75) is 57.4 Å². The van der Waals surface area contributed by atoms with Crippen LogP contribution in [0, 0.1) is 6.92 Å². The Morgan fingerprint density at radius 2 is 2.17 bits per heavy atom. The van der Waals surface area contributed by atoms with Crippen LogP contribution < -0.4 is 5.32 Å². The first-order valence-electron chi connectivity index (χ1n) is 6.75. The van der Waals surface area contributed by atoms with E-state index in [0.717, 1.165) is 23.5 Å². The highest BCUT2D eigenvalue weighted by Crippen LogP contribution is 2.31. The van der Waals surface area contributed by atoms with Crippen molar-refractivity contribution in [2.75, 3.05) is 7.05 Å². The zero-order valence-electron chi connectivity index (χ0n) is 11.3. The van der Waals surface area contributed by atoms with Crippen molar-refractivity contribution in [3.63, 3.8) is 0 Å². The van der Waals surface area contributed by atoms with Crippen molar-refractivity contribution >= 4 is 17.1 Å². The van der Waals surface area contributed by atoms with Gasteiger partial charge in [-0.25, -0.2) is 4.98 Å². The first-order valence-corrected chi connectivity index (χ1v) is 7.63. The lowest BCUT2D eigenvalue weighted by Crippen LogP contribution is -2.46. The number of aryl methyl sites for hydroxylation is 1. The minimum atomic E-state index is 0.0572. The smallest absolute Gasteiger partial charge is 0.141 e. The fraction of sp³-hybridized carbons (Fsp3) is 0.714. The van der Waals surface area contributed by atoms with Gasteiger partial charge in [-0.2, -0.15) is 0 Å². The van der Waals surface area contributed by atoms with Gasteiger partial charge in [0.15, 0.2) is 0 Å². The predicted molar refractivity (Wildman–Crippen MR) is 75.1 cm³/mol. The van der Waals surface area contributed by atoms with Crippen LogP contribution in [0.2, 0.25) is 0 Å². The van der Waals surface area contributed by atoms with Gasteiger partial charge < -0.3 is 5.32 Å². The minimum absolute atomic E-state index is 0.0572.